The highest BCUT2D eigenvalue weighted by Crippen LogP contribution is 2.21. The zero-order chi connectivity index (χ0) is 10.4. The summed E-state index contributed by atoms with van der Waals surface area (Å²) in [7, 11) is 0. The van der Waals surface area contributed by atoms with Crippen molar-refractivity contribution < 1.29 is 4.39 Å². The Morgan fingerprint density at radius 1 is 1.43 bits per heavy atom. The van der Waals surface area contributed by atoms with Gasteiger partial charge in [0.1, 0.15) is 6.17 Å². The van der Waals surface area contributed by atoms with Crippen LogP contribution in [0.2, 0.25) is 0 Å². The van der Waals surface area contributed by atoms with Gasteiger partial charge in [0.25, 0.3) is 0 Å². The van der Waals surface area contributed by atoms with Gasteiger partial charge in [-0.2, -0.15) is 0 Å². The highest BCUT2D eigenvalue weighted by Gasteiger charge is 2.08. The van der Waals surface area contributed by atoms with Gasteiger partial charge in [0.2, 0.25) is 0 Å². The van der Waals surface area contributed by atoms with Crippen molar-refractivity contribution in [3.63, 3.8) is 0 Å². The molecule has 1 rings (SSSR count). The van der Waals surface area contributed by atoms with E-state index in [4.69, 9.17) is 5.73 Å². The van der Waals surface area contributed by atoms with E-state index in [0.29, 0.717) is 13.0 Å². The Kier molecular flexibility index (Phi) is 4.60. The van der Waals surface area contributed by atoms with E-state index in [0.717, 1.165) is 18.4 Å². The maximum atomic E-state index is 13.5. The lowest BCUT2D eigenvalue weighted by Crippen LogP contribution is -2.03. The van der Waals surface area contributed by atoms with Crippen LogP contribution in [0.1, 0.15) is 37.1 Å². The van der Waals surface area contributed by atoms with Crippen molar-refractivity contribution in [3.05, 3.63) is 35.4 Å². The summed E-state index contributed by atoms with van der Waals surface area (Å²) in [5.41, 5.74) is 7.30. The Morgan fingerprint density at radius 3 is 2.86 bits per heavy atom. The molecule has 0 aliphatic carbocycles. The second-order valence-electron chi connectivity index (χ2n) is 3.54. The smallest absolute Gasteiger partial charge is 0.126 e. The first kappa shape index (κ1) is 11.2. The van der Waals surface area contributed by atoms with Crippen molar-refractivity contribution in [1.29, 1.82) is 0 Å². The molecule has 0 saturated heterocycles. The van der Waals surface area contributed by atoms with Gasteiger partial charge >= 0.3 is 0 Å². The number of aryl methyl sites for hydroxylation is 1. The first-order valence-corrected chi connectivity index (χ1v) is 5.21. The highest BCUT2D eigenvalue weighted by atomic mass is 19.1. The Hall–Kier alpha value is -0.890. The van der Waals surface area contributed by atoms with Crippen molar-refractivity contribution in [3.8, 4) is 0 Å². The van der Waals surface area contributed by atoms with Crippen LogP contribution in [0.15, 0.2) is 24.3 Å². The molecule has 1 unspecified atom stereocenters. The van der Waals surface area contributed by atoms with Gasteiger partial charge in [0.05, 0.1) is 0 Å². The van der Waals surface area contributed by atoms with Gasteiger partial charge < -0.3 is 5.73 Å². The third-order valence-electron chi connectivity index (χ3n) is 2.27. The summed E-state index contributed by atoms with van der Waals surface area (Å²) in [4.78, 5) is 0. The molecule has 78 valence electrons. The lowest BCUT2D eigenvalue weighted by Gasteiger charge is -2.08. The maximum Gasteiger partial charge on any atom is 0.126 e. The fourth-order valence-electron chi connectivity index (χ4n) is 1.55. The molecule has 0 radical (unpaired) electrons. The molecule has 14 heavy (non-hydrogen) atoms. The van der Waals surface area contributed by atoms with E-state index in [1.165, 1.54) is 5.56 Å². The molecule has 1 nitrogen and oxygen atoms in total. The van der Waals surface area contributed by atoms with Crippen LogP contribution < -0.4 is 5.73 Å². The second-order valence-corrected chi connectivity index (χ2v) is 3.54. The molecule has 0 saturated carbocycles. The van der Waals surface area contributed by atoms with Gasteiger partial charge in [-0.1, -0.05) is 37.6 Å². The van der Waals surface area contributed by atoms with Crippen LogP contribution in [-0.2, 0) is 6.42 Å². The zero-order valence-corrected chi connectivity index (χ0v) is 8.67. The summed E-state index contributed by atoms with van der Waals surface area (Å²) < 4.78 is 13.5. The predicted molar refractivity (Wildman–Crippen MR) is 58.0 cm³/mol. The minimum atomic E-state index is -0.906. The summed E-state index contributed by atoms with van der Waals surface area (Å²) in [6.45, 7) is 2.53. The number of benzene rings is 1. The van der Waals surface area contributed by atoms with E-state index in [9.17, 15) is 4.39 Å². The third-order valence-corrected chi connectivity index (χ3v) is 2.27. The topological polar surface area (TPSA) is 26.0 Å². The van der Waals surface area contributed by atoms with Crippen LogP contribution in [0.5, 0.6) is 0 Å². The molecule has 0 heterocycles. The molecule has 0 aromatic heterocycles. The van der Waals surface area contributed by atoms with E-state index in [1.54, 1.807) is 0 Å². The summed E-state index contributed by atoms with van der Waals surface area (Å²) in [5, 5.41) is 0. The Bertz CT molecular complexity index is 273. The predicted octanol–water partition coefficient (Wildman–Crippen LogP) is 3.00. The number of alkyl halides is 1. The molecular weight excluding hydrogens is 177 g/mol. The lowest BCUT2D eigenvalue weighted by atomic mass is 10.0. The largest absolute Gasteiger partial charge is 0.330 e. The van der Waals surface area contributed by atoms with Crippen LogP contribution in [0.4, 0.5) is 4.39 Å². The first-order valence-electron chi connectivity index (χ1n) is 5.21. The molecular formula is C12H18FN. The zero-order valence-electron chi connectivity index (χ0n) is 8.67. The first-order chi connectivity index (χ1) is 6.77. The van der Waals surface area contributed by atoms with Crippen LogP contribution in [0.25, 0.3) is 0 Å². The second kappa shape index (κ2) is 5.76. The van der Waals surface area contributed by atoms with Gasteiger partial charge in [-0.25, -0.2) is 4.39 Å². The number of hydrogen-bond donors (Lipinski definition) is 1. The molecule has 0 aliphatic rings. The van der Waals surface area contributed by atoms with Crippen molar-refractivity contribution in [2.45, 2.75) is 32.4 Å². The van der Waals surface area contributed by atoms with Gasteiger partial charge in [-0.05, 0) is 30.5 Å². The van der Waals surface area contributed by atoms with E-state index < -0.39 is 6.17 Å². The SMILES string of the molecule is CCCc1cccc(C(F)CCN)c1. The summed E-state index contributed by atoms with van der Waals surface area (Å²) >= 11 is 0. The van der Waals surface area contributed by atoms with E-state index >= 15 is 0 Å². The molecule has 1 aromatic carbocycles. The fraction of sp³-hybridized carbons (Fsp3) is 0.500. The van der Waals surface area contributed by atoms with Crippen molar-refractivity contribution >= 4 is 0 Å². The number of halogens is 1. The highest BCUT2D eigenvalue weighted by molar-refractivity contribution is 5.25. The van der Waals surface area contributed by atoms with Crippen LogP contribution in [-0.4, -0.2) is 6.54 Å². The van der Waals surface area contributed by atoms with Crippen LogP contribution in [0.3, 0.4) is 0 Å². The monoisotopic (exact) mass is 195 g/mol. The summed E-state index contributed by atoms with van der Waals surface area (Å²) in [6, 6.07) is 7.74. The molecule has 2 N–H and O–H groups in total. The van der Waals surface area contributed by atoms with E-state index in [2.05, 4.69) is 6.92 Å². The van der Waals surface area contributed by atoms with Crippen LogP contribution >= 0.6 is 0 Å². The van der Waals surface area contributed by atoms with Crippen molar-refractivity contribution in [2.75, 3.05) is 6.54 Å². The van der Waals surface area contributed by atoms with Gasteiger partial charge in [0.15, 0.2) is 0 Å². The van der Waals surface area contributed by atoms with E-state index in [-0.39, 0.29) is 0 Å². The lowest BCUT2D eigenvalue weighted by molar-refractivity contribution is 0.327. The van der Waals surface area contributed by atoms with Crippen molar-refractivity contribution in [1.82, 2.24) is 0 Å². The van der Waals surface area contributed by atoms with Gasteiger partial charge in [0, 0.05) is 0 Å². The molecule has 1 aromatic rings. The molecule has 0 fully saturated rings. The third kappa shape index (κ3) is 3.11. The average molecular weight is 195 g/mol. The summed E-state index contributed by atoms with van der Waals surface area (Å²) in [5.74, 6) is 0. The number of rotatable bonds is 5. The van der Waals surface area contributed by atoms with Crippen molar-refractivity contribution in [2.24, 2.45) is 5.73 Å². The van der Waals surface area contributed by atoms with E-state index in [1.807, 2.05) is 24.3 Å². The Labute approximate surface area is 85.1 Å². The average Bonchev–Trinajstić information content (AvgIpc) is 2.19. The number of nitrogens with two attached hydrogens (primary N) is 1. The number of hydrogen-bond acceptors (Lipinski definition) is 1. The molecule has 1 atom stereocenters. The van der Waals surface area contributed by atoms with Crippen LogP contribution in [0, 0.1) is 0 Å². The summed E-state index contributed by atoms with van der Waals surface area (Å²) in [6.07, 6.45) is 1.62. The minimum absolute atomic E-state index is 0.402. The normalized spacial score (nSPS) is 12.8. The quantitative estimate of drug-likeness (QED) is 0.768. The Balaban J connectivity index is 2.71. The Morgan fingerprint density at radius 2 is 2.21 bits per heavy atom. The van der Waals surface area contributed by atoms with Gasteiger partial charge in [-0.15, -0.1) is 0 Å². The fourth-order valence-corrected chi connectivity index (χ4v) is 1.55. The molecule has 0 spiro atoms. The molecule has 0 bridgehead atoms. The molecule has 0 amide bonds. The minimum Gasteiger partial charge on any atom is -0.330 e. The molecule has 2 heteroatoms. The maximum absolute atomic E-state index is 13.5. The van der Waals surface area contributed by atoms with Gasteiger partial charge in [-0.3, -0.25) is 0 Å². The molecule has 0 aliphatic heterocycles. The standard InChI is InChI=1S/C12H18FN/c1-2-4-10-5-3-6-11(9-10)12(13)7-8-14/h3,5-6,9,12H,2,4,7-8,14H2,1H3.